The standard InChI is InChI=1S/C14H22BrNOS/c1-13(2,3)11-9-18-12(16-11)8-14(10-15)4-6-17-7-5-14/h9H,4-8,10H2,1-3H3. The van der Waals surface area contributed by atoms with Crippen molar-refractivity contribution in [1.82, 2.24) is 4.98 Å². The van der Waals surface area contributed by atoms with E-state index >= 15 is 0 Å². The molecule has 0 aliphatic carbocycles. The van der Waals surface area contributed by atoms with Crippen molar-refractivity contribution in [2.75, 3.05) is 18.5 Å². The van der Waals surface area contributed by atoms with Gasteiger partial charge in [0.1, 0.15) is 0 Å². The molecule has 4 heteroatoms. The van der Waals surface area contributed by atoms with Crippen LogP contribution in [0.2, 0.25) is 0 Å². The Morgan fingerprint density at radius 3 is 2.56 bits per heavy atom. The molecule has 2 nitrogen and oxygen atoms in total. The summed E-state index contributed by atoms with van der Waals surface area (Å²) in [5.74, 6) is 0. The van der Waals surface area contributed by atoms with E-state index in [1.807, 2.05) is 11.3 Å². The molecule has 1 aromatic heterocycles. The van der Waals surface area contributed by atoms with Crippen molar-refractivity contribution in [2.45, 2.75) is 45.4 Å². The average Bonchev–Trinajstić information content (AvgIpc) is 2.78. The Balaban J connectivity index is 2.10. The van der Waals surface area contributed by atoms with E-state index in [-0.39, 0.29) is 5.41 Å². The number of alkyl halides is 1. The van der Waals surface area contributed by atoms with Gasteiger partial charge in [-0.2, -0.15) is 0 Å². The number of rotatable bonds is 3. The van der Waals surface area contributed by atoms with Crippen LogP contribution in [0.3, 0.4) is 0 Å². The number of hydrogen-bond donors (Lipinski definition) is 0. The first-order chi connectivity index (χ1) is 8.45. The van der Waals surface area contributed by atoms with Crippen LogP contribution in [0.15, 0.2) is 5.38 Å². The lowest BCUT2D eigenvalue weighted by Gasteiger charge is -2.35. The Kier molecular flexibility index (Phi) is 4.50. The summed E-state index contributed by atoms with van der Waals surface area (Å²) in [5, 5.41) is 4.55. The van der Waals surface area contributed by atoms with Gasteiger partial charge in [0, 0.05) is 35.8 Å². The van der Waals surface area contributed by atoms with E-state index in [1.165, 1.54) is 10.7 Å². The van der Waals surface area contributed by atoms with Crippen LogP contribution in [0.5, 0.6) is 0 Å². The first kappa shape index (κ1) is 14.5. The van der Waals surface area contributed by atoms with Gasteiger partial charge in [0.2, 0.25) is 0 Å². The van der Waals surface area contributed by atoms with Crippen molar-refractivity contribution >= 4 is 27.3 Å². The lowest BCUT2D eigenvalue weighted by atomic mass is 9.79. The smallest absolute Gasteiger partial charge is 0.0934 e. The van der Waals surface area contributed by atoms with Gasteiger partial charge in [-0.25, -0.2) is 4.98 Å². The molecule has 0 N–H and O–H groups in total. The Bertz CT molecular complexity index is 391. The van der Waals surface area contributed by atoms with Gasteiger partial charge in [-0.3, -0.25) is 0 Å². The Hall–Kier alpha value is 0.0700. The lowest BCUT2D eigenvalue weighted by molar-refractivity contribution is 0.0269. The van der Waals surface area contributed by atoms with Crippen LogP contribution in [0.25, 0.3) is 0 Å². The van der Waals surface area contributed by atoms with E-state index in [4.69, 9.17) is 9.72 Å². The van der Waals surface area contributed by atoms with Crippen LogP contribution >= 0.6 is 27.3 Å². The maximum atomic E-state index is 5.49. The fraction of sp³-hybridized carbons (Fsp3) is 0.786. The second-order valence-electron chi connectivity index (χ2n) is 6.30. The molecule has 2 rings (SSSR count). The largest absolute Gasteiger partial charge is 0.381 e. The van der Waals surface area contributed by atoms with E-state index in [9.17, 15) is 0 Å². The average molecular weight is 332 g/mol. The van der Waals surface area contributed by atoms with Gasteiger partial charge in [0.05, 0.1) is 10.7 Å². The zero-order chi connectivity index (χ0) is 13.2. The van der Waals surface area contributed by atoms with Gasteiger partial charge in [-0.05, 0) is 18.3 Å². The summed E-state index contributed by atoms with van der Waals surface area (Å²) in [6.07, 6.45) is 3.37. The second-order valence-corrected chi connectivity index (χ2v) is 7.80. The molecule has 102 valence electrons. The molecule has 0 radical (unpaired) electrons. The van der Waals surface area contributed by atoms with Crippen molar-refractivity contribution in [2.24, 2.45) is 5.41 Å². The van der Waals surface area contributed by atoms with Gasteiger partial charge >= 0.3 is 0 Å². The summed E-state index contributed by atoms with van der Waals surface area (Å²) in [4.78, 5) is 4.83. The van der Waals surface area contributed by atoms with Gasteiger partial charge in [0.15, 0.2) is 0 Å². The number of ether oxygens (including phenoxy) is 1. The van der Waals surface area contributed by atoms with E-state index in [0.29, 0.717) is 5.41 Å². The highest BCUT2D eigenvalue weighted by Gasteiger charge is 2.33. The summed E-state index contributed by atoms with van der Waals surface area (Å²) in [6.45, 7) is 8.45. The van der Waals surface area contributed by atoms with Crippen LogP contribution in [0.1, 0.15) is 44.3 Å². The summed E-state index contributed by atoms with van der Waals surface area (Å²) in [5.41, 5.74) is 1.73. The van der Waals surface area contributed by atoms with E-state index < -0.39 is 0 Å². The third kappa shape index (κ3) is 3.34. The van der Waals surface area contributed by atoms with Crippen molar-refractivity contribution in [3.63, 3.8) is 0 Å². The molecule has 1 aliphatic rings. The molecular weight excluding hydrogens is 310 g/mol. The number of nitrogens with zero attached hydrogens (tertiary/aromatic N) is 1. The van der Waals surface area contributed by atoms with E-state index in [0.717, 1.165) is 37.8 Å². The maximum Gasteiger partial charge on any atom is 0.0934 e. The lowest BCUT2D eigenvalue weighted by Crippen LogP contribution is -2.33. The van der Waals surface area contributed by atoms with Crippen LogP contribution in [-0.2, 0) is 16.6 Å². The predicted octanol–water partition coefficient (Wildman–Crippen LogP) is 4.17. The predicted molar refractivity (Wildman–Crippen MR) is 80.8 cm³/mol. The molecule has 1 fully saturated rings. The Morgan fingerprint density at radius 1 is 1.39 bits per heavy atom. The molecule has 2 heterocycles. The fourth-order valence-electron chi connectivity index (χ4n) is 2.22. The minimum absolute atomic E-state index is 0.159. The van der Waals surface area contributed by atoms with Crippen molar-refractivity contribution in [3.8, 4) is 0 Å². The molecule has 1 aliphatic heterocycles. The topological polar surface area (TPSA) is 22.1 Å². The van der Waals surface area contributed by atoms with Crippen molar-refractivity contribution in [3.05, 3.63) is 16.1 Å². The molecular formula is C14H22BrNOS. The zero-order valence-electron chi connectivity index (χ0n) is 11.5. The second kappa shape index (κ2) is 5.59. The molecule has 0 saturated carbocycles. The molecule has 18 heavy (non-hydrogen) atoms. The normalized spacial score (nSPS) is 20.0. The number of hydrogen-bond acceptors (Lipinski definition) is 3. The molecule has 0 atom stereocenters. The Labute approximate surface area is 122 Å². The highest BCUT2D eigenvalue weighted by atomic mass is 79.9. The zero-order valence-corrected chi connectivity index (χ0v) is 13.9. The van der Waals surface area contributed by atoms with Gasteiger partial charge in [0.25, 0.3) is 0 Å². The van der Waals surface area contributed by atoms with Crippen molar-refractivity contribution in [1.29, 1.82) is 0 Å². The Morgan fingerprint density at radius 2 is 2.06 bits per heavy atom. The highest BCUT2D eigenvalue weighted by Crippen LogP contribution is 2.37. The van der Waals surface area contributed by atoms with Crippen LogP contribution in [-0.4, -0.2) is 23.5 Å². The third-order valence-electron chi connectivity index (χ3n) is 3.68. The van der Waals surface area contributed by atoms with Gasteiger partial charge in [-0.15, -0.1) is 11.3 Å². The summed E-state index contributed by atoms with van der Waals surface area (Å²) < 4.78 is 5.49. The monoisotopic (exact) mass is 331 g/mol. The van der Waals surface area contributed by atoms with Crippen molar-refractivity contribution < 1.29 is 4.74 Å². The molecule has 0 amide bonds. The summed E-state index contributed by atoms with van der Waals surface area (Å²) >= 11 is 5.50. The fourth-order valence-corrected chi connectivity index (χ4v) is 4.17. The van der Waals surface area contributed by atoms with E-state index in [1.54, 1.807) is 0 Å². The SMILES string of the molecule is CC(C)(C)c1csc(CC2(CBr)CCOCC2)n1. The highest BCUT2D eigenvalue weighted by molar-refractivity contribution is 9.09. The molecule has 0 bridgehead atoms. The van der Waals surface area contributed by atoms with Crippen LogP contribution in [0, 0.1) is 5.41 Å². The maximum absolute atomic E-state index is 5.49. The first-order valence-corrected chi connectivity index (χ1v) is 8.54. The molecule has 1 aromatic rings. The summed E-state index contributed by atoms with van der Waals surface area (Å²) in [6, 6.07) is 0. The first-order valence-electron chi connectivity index (χ1n) is 6.54. The summed E-state index contributed by atoms with van der Waals surface area (Å²) in [7, 11) is 0. The van der Waals surface area contributed by atoms with Gasteiger partial charge < -0.3 is 4.74 Å². The van der Waals surface area contributed by atoms with Crippen LogP contribution < -0.4 is 0 Å². The molecule has 0 unspecified atom stereocenters. The van der Waals surface area contributed by atoms with Gasteiger partial charge in [-0.1, -0.05) is 36.7 Å². The molecule has 1 saturated heterocycles. The number of thiazole rings is 1. The van der Waals surface area contributed by atoms with Crippen LogP contribution in [0.4, 0.5) is 0 Å². The number of halogens is 1. The quantitative estimate of drug-likeness (QED) is 0.775. The minimum Gasteiger partial charge on any atom is -0.381 e. The minimum atomic E-state index is 0.159. The molecule has 0 spiro atoms. The number of aromatic nitrogens is 1. The van der Waals surface area contributed by atoms with E-state index in [2.05, 4.69) is 42.1 Å². The third-order valence-corrected chi connectivity index (χ3v) is 5.72. The molecule has 0 aromatic carbocycles.